The highest BCUT2D eigenvalue weighted by Gasteiger charge is 2.57. The molecule has 4 nitrogen and oxygen atoms in total. The zero-order valence-corrected chi connectivity index (χ0v) is 14.4. The van der Waals surface area contributed by atoms with E-state index in [1.165, 1.54) is 18.3 Å². The zero-order valence-electron chi connectivity index (χ0n) is 14.4. The molecule has 0 heterocycles. The van der Waals surface area contributed by atoms with Crippen LogP contribution in [0.5, 0.6) is 0 Å². The van der Waals surface area contributed by atoms with Crippen LogP contribution in [-0.4, -0.2) is 24.6 Å². The van der Waals surface area contributed by atoms with Gasteiger partial charge in [-0.15, -0.1) is 0 Å². The quantitative estimate of drug-likeness (QED) is 0.694. The fourth-order valence-corrected chi connectivity index (χ4v) is 5.73. The van der Waals surface area contributed by atoms with E-state index in [9.17, 15) is 14.4 Å². The van der Waals surface area contributed by atoms with E-state index < -0.39 is 0 Å². The van der Waals surface area contributed by atoms with Crippen molar-refractivity contribution in [3.8, 4) is 0 Å². The SMILES string of the molecule is COC(=O)[C@@H]1CC2=CC(=O)CCC2=C2CC[C@]3(C)C(=O)CC[C@H]3[C@@H]21. The van der Waals surface area contributed by atoms with Gasteiger partial charge in [-0.3, -0.25) is 14.4 Å². The first-order chi connectivity index (χ1) is 11.5. The predicted octanol–water partition coefficient (Wildman–Crippen LogP) is 3.16. The van der Waals surface area contributed by atoms with Crippen LogP contribution in [0.25, 0.3) is 0 Å². The molecule has 2 saturated carbocycles. The van der Waals surface area contributed by atoms with Crippen LogP contribution >= 0.6 is 0 Å². The highest BCUT2D eigenvalue weighted by atomic mass is 16.5. The van der Waals surface area contributed by atoms with Gasteiger partial charge in [-0.2, -0.15) is 0 Å². The molecule has 4 aliphatic rings. The van der Waals surface area contributed by atoms with Crippen molar-refractivity contribution >= 4 is 17.5 Å². The minimum atomic E-state index is -0.285. The van der Waals surface area contributed by atoms with Crippen molar-refractivity contribution in [3.63, 3.8) is 0 Å². The number of allylic oxidation sites excluding steroid dienone is 4. The molecule has 128 valence electrons. The number of hydrogen-bond donors (Lipinski definition) is 0. The molecule has 0 bridgehead atoms. The van der Waals surface area contributed by atoms with Gasteiger partial charge in [0.2, 0.25) is 0 Å². The number of ether oxygens (including phenoxy) is 1. The lowest BCUT2D eigenvalue weighted by atomic mass is 9.54. The maximum Gasteiger partial charge on any atom is 0.309 e. The van der Waals surface area contributed by atoms with Crippen LogP contribution in [0, 0.1) is 23.2 Å². The Kier molecular flexibility index (Phi) is 3.55. The van der Waals surface area contributed by atoms with Crippen molar-refractivity contribution in [1.29, 1.82) is 0 Å². The van der Waals surface area contributed by atoms with Gasteiger partial charge >= 0.3 is 5.97 Å². The number of fused-ring (bicyclic) bond motifs is 4. The number of methoxy groups -OCH3 is 1. The van der Waals surface area contributed by atoms with Gasteiger partial charge in [0.05, 0.1) is 13.0 Å². The average Bonchev–Trinajstić information content (AvgIpc) is 2.88. The molecule has 0 saturated heterocycles. The first-order valence-electron chi connectivity index (χ1n) is 9.02. The number of carbonyl (C=O) groups is 3. The summed E-state index contributed by atoms with van der Waals surface area (Å²) in [5, 5.41) is 0. The molecule has 0 unspecified atom stereocenters. The predicted molar refractivity (Wildman–Crippen MR) is 88.0 cm³/mol. The molecule has 2 fully saturated rings. The highest BCUT2D eigenvalue weighted by Crippen LogP contribution is 2.60. The van der Waals surface area contributed by atoms with Crippen molar-refractivity contribution in [2.75, 3.05) is 7.11 Å². The van der Waals surface area contributed by atoms with E-state index in [4.69, 9.17) is 4.74 Å². The summed E-state index contributed by atoms with van der Waals surface area (Å²) in [4.78, 5) is 36.8. The smallest absolute Gasteiger partial charge is 0.309 e. The molecular weight excluding hydrogens is 304 g/mol. The summed E-state index contributed by atoms with van der Waals surface area (Å²) < 4.78 is 5.09. The van der Waals surface area contributed by atoms with Crippen LogP contribution in [-0.2, 0) is 19.1 Å². The number of rotatable bonds is 1. The summed E-state index contributed by atoms with van der Waals surface area (Å²) in [7, 11) is 1.43. The molecule has 0 aromatic carbocycles. The van der Waals surface area contributed by atoms with Crippen molar-refractivity contribution in [2.24, 2.45) is 23.2 Å². The van der Waals surface area contributed by atoms with Crippen molar-refractivity contribution in [2.45, 2.75) is 51.9 Å². The number of hydrogen-bond acceptors (Lipinski definition) is 4. The molecule has 0 N–H and O–H groups in total. The standard InChI is InChI=1S/C20H24O4/c1-20-8-7-14-13-4-3-12(21)9-11(13)10-15(19(23)24-2)18(14)16(20)5-6-17(20)22/h9,15-16,18H,3-8,10H2,1-2H3/t15-,16+,18+,20+/m1/s1. The third-order valence-electron chi connectivity index (χ3n) is 7.00. The second-order valence-corrected chi connectivity index (χ2v) is 7.99. The maximum absolute atomic E-state index is 12.5. The molecule has 0 amide bonds. The Bertz CT molecular complexity index is 698. The number of ketones is 2. The third kappa shape index (κ3) is 2.08. The van der Waals surface area contributed by atoms with E-state index in [0.29, 0.717) is 25.0 Å². The van der Waals surface area contributed by atoms with Gasteiger partial charge in [-0.05, 0) is 61.2 Å². The lowest BCUT2D eigenvalue weighted by molar-refractivity contribution is -0.149. The lowest BCUT2D eigenvalue weighted by Crippen LogP contribution is -2.45. The monoisotopic (exact) mass is 328 g/mol. The van der Waals surface area contributed by atoms with Crippen LogP contribution in [0.3, 0.4) is 0 Å². The fourth-order valence-electron chi connectivity index (χ4n) is 5.73. The average molecular weight is 328 g/mol. The largest absolute Gasteiger partial charge is 0.469 e. The Labute approximate surface area is 142 Å². The van der Waals surface area contributed by atoms with Gasteiger partial charge < -0.3 is 4.74 Å². The number of Topliss-reactive ketones (excluding diaryl/α,β-unsaturated/α-hetero) is 1. The molecule has 24 heavy (non-hydrogen) atoms. The lowest BCUT2D eigenvalue weighted by Gasteiger charge is -2.48. The Hall–Kier alpha value is -1.71. The van der Waals surface area contributed by atoms with Crippen LogP contribution in [0.4, 0.5) is 0 Å². The van der Waals surface area contributed by atoms with Crippen LogP contribution < -0.4 is 0 Å². The van der Waals surface area contributed by atoms with Gasteiger partial charge in [-0.25, -0.2) is 0 Å². The van der Waals surface area contributed by atoms with Gasteiger partial charge in [0, 0.05) is 18.3 Å². The minimum absolute atomic E-state index is 0.114. The van der Waals surface area contributed by atoms with Crippen molar-refractivity contribution < 1.29 is 19.1 Å². The summed E-state index contributed by atoms with van der Waals surface area (Å²) in [5.74, 6) is 0.432. The van der Waals surface area contributed by atoms with Crippen LogP contribution in [0.15, 0.2) is 22.8 Å². The topological polar surface area (TPSA) is 60.4 Å². The molecule has 0 radical (unpaired) electrons. The van der Waals surface area contributed by atoms with E-state index in [1.54, 1.807) is 6.08 Å². The molecule has 0 aromatic rings. The first-order valence-corrected chi connectivity index (χ1v) is 9.02. The fraction of sp³-hybridized carbons (Fsp3) is 0.650. The number of esters is 1. The molecule has 0 spiro atoms. The van der Waals surface area contributed by atoms with E-state index in [2.05, 4.69) is 6.92 Å². The summed E-state index contributed by atoms with van der Waals surface area (Å²) >= 11 is 0. The van der Waals surface area contributed by atoms with Gasteiger partial charge in [0.1, 0.15) is 5.78 Å². The van der Waals surface area contributed by atoms with E-state index in [0.717, 1.165) is 31.3 Å². The second kappa shape index (κ2) is 5.40. The summed E-state index contributed by atoms with van der Waals surface area (Å²) in [5.41, 5.74) is 3.40. The van der Waals surface area contributed by atoms with Gasteiger partial charge in [0.15, 0.2) is 5.78 Å². The van der Waals surface area contributed by atoms with Gasteiger partial charge in [-0.1, -0.05) is 12.5 Å². The molecule has 4 heteroatoms. The highest BCUT2D eigenvalue weighted by molar-refractivity contribution is 5.93. The summed E-state index contributed by atoms with van der Waals surface area (Å²) in [6.07, 6.45) is 6.95. The van der Waals surface area contributed by atoms with E-state index >= 15 is 0 Å². The number of carbonyl (C=O) groups excluding carboxylic acids is 3. The Morgan fingerprint density at radius 3 is 2.75 bits per heavy atom. The zero-order chi connectivity index (χ0) is 17.1. The third-order valence-corrected chi connectivity index (χ3v) is 7.00. The van der Waals surface area contributed by atoms with Crippen LogP contribution in [0.2, 0.25) is 0 Å². The summed E-state index contributed by atoms with van der Waals surface area (Å²) in [6.45, 7) is 2.10. The molecule has 0 aliphatic heterocycles. The summed E-state index contributed by atoms with van der Waals surface area (Å²) in [6, 6.07) is 0. The molecule has 4 atom stereocenters. The molecular formula is C20H24O4. The maximum atomic E-state index is 12.5. The van der Waals surface area contributed by atoms with Crippen molar-refractivity contribution in [1.82, 2.24) is 0 Å². The Morgan fingerprint density at radius 1 is 1.21 bits per heavy atom. The Balaban J connectivity index is 1.84. The van der Waals surface area contributed by atoms with Gasteiger partial charge in [0.25, 0.3) is 0 Å². The molecule has 4 aliphatic carbocycles. The second-order valence-electron chi connectivity index (χ2n) is 7.99. The molecule has 0 aromatic heterocycles. The first kappa shape index (κ1) is 15.8. The van der Waals surface area contributed by atoms with Crippen LogP contribution in [0.1, 0.15) is 51.9 Å². The Morgan fingerprint density at radius 2 is 2.00 bits per heavy atom. The minimum Gasteiger partial charge on any atom is -0.469 e. The van der Waals surface area contributed by atoms with E-state index in [1.807, 2.05) is 0 Å². The van der Waals surface area contributed by atoms with Crippen molar-refractivity contribution in [3.05, 3.63) is 22.8 Å². The molecule has 4 rings (SSSR count). The van der Waals surface area contributed by atoms with E-state index in [-0.39, 0.29) is 34.9 Å². The normalized spacial score (nSPS) is 38.2.